The zero-order valence-electron chi connectivity index (χ0n) is 9.24. The van der Waals surface area contributed by atoms with Crippen molar-refractivity contribution in [1.29, 1.82) is 0 Å². The molecule has 0 aliphatic rings. The zero-order chi connectivity index (χ0) is 13.1. The van der Waals surface area contributed by atoms with E-state index in [0.29, 0.717) is 5.75 Å². The molecular weight excluding hydrogens is 281 g/mol. The Morgan fingerprint density at radius 1 is 1.47 bits per heavy atom. The van der Waals surface area contributed by atoms with Gasteiger partial charge in [0.15, 0.2) is 0 Å². The van der Waals surface area contributed by atoms with Crippen molar-refractivity contribution in [3.8, 4) is 0 Å². The van der Waals surface area contributed by atoms with Gasteiger partial charge in [0.1, 0.15) is 5.54 Å². The van der Waals surface area contributed by atoms with Crippen molar-refractivity contribution in [2.45, 2.75) is 12.0 Å². The van der Waals surface area contributed by atoms with Crippen LogP contribution in [0.2, 0.25) is 10.0 Å². The highest BCUT2D eigenvalue weighted by molar-refractivity contribution is 7.98. The van der Waals surface area contributed by atoms with E-state index in [1.165, 1.54) is 11.8 Å². The molecule has 0 fully saturated rings. The van der Waals surface area contributed by atoms with Crippen LogP contribution in [0.3, 0.4) is 0 Å². The Hall–Kier alpha value is -0.420. The lowest BCUT2D eigenvalue weighted by molar-refractivity contribution is -0.143. The maximum Gasteiger partial charge on any atom is 0.328 e. The predicted molar refractivity (Wildman–Crippen MR) is 73.0 cm³/mol. The lowest BCUT2D eigenvalue weighted by Crippen LogP contribution is -2.46. The van der Waals surface area contributed by atoms with Crippen LogP contribution in [0.1, 0.15) is 12.0 Å². The monoisotopic (exact) mass is 293 g/mol. The highest BCUT2D eigenvalue weighted by atomic mass is 35.5. The van der Waals surface area contributed by atoms with Crippen LogP contribution in [0, 0.1) is 0 Å². The number of rotatable bonds is 5. The SMILES string of the molecule is CSCCC(N)(C(=O)O)c1c(Cl)cccc1Cl. The topological polar surface area (TPSA) is 63.3 Å². The summed E-state index contributed by atoms with van der Waals surface area (Å²) in [6, 6.07) is 4.84. The van der Waals surface area contributed by atoms with Crippen LogP contribution in [0.4, 0.5) is 0 Å². The molecule has 1 aromatic rings. The fraction of sp³-hybridized carbons (Fsp3) is 0.364. The number of carbonyl (C=O) groups is 1. The van der Waals surface area contributed by atoms with Crippen LogP contribution in [-0.4, -0.2) is 23.1 Å². The summed E-state index contributed by atoms with van der Waals surface area (Å²) in [6.07, 6.45) is 2.16. The van der Waals surface area contributed by atoms with Gasteiger partial charge in [-0.3, -0.25) is 0 Å². The average molecular weight is 294 g/mol. The van der Waals surface area contributed by atoms with Crippen LogP contribution in [0.25, 0.3) is 0 Å². The average Bonchev–Trinajstić information content (AvgIpc) is 2.25. The van der Waals surface area contributed by atoms with Crippen molar-refractivity contribution in [2.24, 2.45) is 5.73 Å². The molecule has 0 spiro atoms. The van der Waals surface area contributed by atoms with Crippen molar-refractivity contribution in [3.63, 3.8) is 0 Å². The number of thioether (sulfide) groups is 1. The van der Waals surface area contributed by atoms with E-state index < -0.39 is 11.5 Å². The Morgan fingerprint density at radius 2 is 2.00 bits per heavy atom. The van der Waals surface area contributed by atoms with Gasteiger partial charge >= 0.3 is 5.97 Å². The third-order valence-corrected chi connectivity index (χ3v) is 3.73. The van der Waals surface area contributed by atoms with E-state index in [2.05, 4.69) is 0 Å². The predicted octanol–water partition coefficient (Wildman–Crippen LogP) is 2.99. The van der Waals surface area contributed by atoms with Crippen molar-refractivity contribution >= 4 is 40.9 Å². The largest absolute Gasteiger partial charge is 0.480 e. The van der Waals surface area contributed by atoms with E-state index in [0.717, 1.165) is 0 Å². The molecule has 0 bridgehead atoms. The Labute approximate surface area is 114 Å². The quantitative estimate of drug-likeness (QED) is 0.876. The Kier molecular flexibility index (Phi) is 5.13. The molecule has 0 saturated carbocycles. The molecule has 0 aromatic heterocycles. The molecule has 0 heterocycles. The minimum absolute atomic E-state index is 0.271. The van der Waals surface area contributed by atoms with Crippen molar-refractivity contribution in [3.05, 3.63) is 33.8 Å². The van der Waals surface area contributed by atoms with Gasteiger partial charge in [0.2, 0.25) is 0 Å². The summed E-state index contributed by atoms with van der Waals surface area (Å²) < 4.78 is 0. The fourth-order valence-corrected chi connectivity index (χ4v) is 2.79. The second kappa shape index (κ2) is 5.96. The lowest BCUT2D eigenvalue weighted by atomic mass is 9.88. The van der Waals surface area contributed by atoms with Crippen LogP contribution in [0.5, 0.6) is 0 Å². The minimum Gasteiger partial charge on any atom is -0.480 e. The number of halogens is 2. The van der Waals surface area contributed by atoms with Gasteiger partial charge < -0.3 is 10.8 Å². The zero-order valence-corrected chi connectivity index (χ0v) is 11.6. The smallest absolute Gasteiger partial charge is 0.328 e. The van der Waals surface area contributed by atoms with Crippen molar-refractivity contribution in [2.75, 3.05) is 12.0 Å². The molecular formula is C11H13Cl2NO2S. The first-order valence-corrected chi connectivity index (χ1v) is 7.04. The summed E-state index contributed by atoms with van der Waals surface area (Å²) in [6.45, 7) is 0. The molecule has 1 aromatic carbocycles. The van der Waals surface area contributed by atoms with E-state index >= 15 is 0 Å². The highest BCUT2D eigenvalue weighted by Gasteiger charge is 2.38. The summed E-state index contributed by atoms with van der Waals surface area (Å²) in [5, 5.41) is 9.87. The van der Waals surface area contributed by atoms with E-state index in [9.17, 15) is 9.90 Å². The maximum absolute atomic E-state index is 11.4. The number of nitrogens with two attached hydrogens (primary N) is 1. The van der Waals surface area contributed by atoms with E-state index in [-0.39, 0.29) is 22.0 Å². The molecule has 0 aliphatic heterocycles. The molecule has 1 atom stereocenters. The molecule has 1 unspecified atom stereocenters. The lowest BCUT2D eigenvalue weighted by Gasteiger charge is -2.26. The summed E-state index contributed by atoms with van der Waals surface area (Å²) in [7, 11) is 0. The third-order valence-electron chi connectivity index (χ3n) is 2.49. The van der Waals surface area contributed by atoms with E-state index in [4.69, 9.17) is 28.9 Å². The second-order valence-electron chi connectivity index (χ2n) is 3.62. The summed E-state index contributed by atoms with van der Waals surface area (Å²) in [5.74, 6) is -0.508. The van der Waals surface area contributed by atoms with Crippen molar-refractivity contribution in [1.82, 2.24) is 0 Å². The van der Waals surface area contributed by atoms with Gasteiger partial charge in [0.25, 0.3) is 0 Å². The summed E-state index contributed by atoms with van der Waals surface area (Å²) >= 11 is 13.5. The molecule has 0 aliphatic carbocycles. The van der Waals surface area contributed by atoms with Gasteiger partial charge in [-0.25, -0.2) is 4.79 Å². The normalized spacial score (nSPS) is 14.4. The van der Waals surface area contributed by atoms with Gasteiger partial charge in [-0.2, -0.15) is 11.8 Å². The molecule has 94 valence electrons. The number of hydrogen-bond donors (Lipinski definition) is 2. The molecule has 17 heavy (non-hydrogen) atoms. The van der Waals surface area contributed by atoms with Gasteiger partial charge in [-0.05, 0) is 30.6 Å². The minimum atomic E-state index is -1.54. The Balaban J connectivity index is 3.27. The Bertz CT molecular complexity index is 408. The van der Waals surface area contributed by atoms with Gasteiger partial charge in [-0.15, -0.1) is 0 Å². The third kappa shape index (κ3) is 3.07. The van der Waals surface area contributed by atoms with Crippen LogP contribution >= 0.6 is 35.0 Å². The Morgan fingerprint density at radius 3 is 2.41 bits per heavy atom. The molecule has 0 radical (unpaired) electrons. The second-order valence-corrected chi connectivity index (χ2v) is 5.42. The fourth-order valence-electron chi connectivity index (χ4n) is 1.53. The first-order chi connectivity index (χ1) is 7.93. The number of hydrogen-bond acceptors (Lipinski definition) is 3. The summed E-state index contributed by atoms with van der Waals surface area (Å²) in [4.78, 5) is 11.4. The maximum atomic E-state index is 11.4. The van der Waals surface area contributed by atoms with Crippen LogP contribution in [-0.2, 0) is 10.3 Å². The van der Waals surface area contributed by atoms with Crippen LogP contribution < -0.4 is 5.73 Å². The number of carboxylic acid groups (broad SMARTS) is 1. The van der Waals surface area contributed by atoms with E-state index in [1.54, 1.807) is 18.2 Å². The summed E-state index contributed by atoms with van der Waals surface area (Å²) in [5.41, 5.74) is 4.71. The standard InChI is InChI=1S/C11H13Cl2NO2S/c1-17-6-5-11(14,10(15)16)9-7(12)3-2-4-8(9)13/h2-4H,5-6,14H2,1H3,(H,15,16). The molecule has 6 heteroatoms. The van der Waals surface area contributed by atoms with Crippen molar-refractivity contribution < 1.29 is 9.90 Å². The first-order valence-electron chi connectivity index (χ1n) is 4.89. The molecule has 3 nitrogen and oxygen atoms in total. The molecule has 0 saturated heterocycles. The molecule has 3 N–H and O–H groups in total. The van der Waals surface area contributed by atoms with Crippen LogP contribution in [0.15, 0.2) is 18.2 Å². The molecule has 0 amide bonds. The van der Waals surface area contributed by atoms with Gasteiger partial charge in [-0.1, -0.05) is 29.3 Å². The molecule has 1 rings (SSSR count). The first kappa shape index (κ1) is 14.6. The van der Waals surface area contributed by atoms with Gasteiger partial charge in [0, 0.05) is 15.6 Å². The number of benzene rings is 1. The number of aliphatic carboxylic acids is 1. The highest BCUT2D eigenvalue weighted by Crippen LogP contribution is 2.35. The number of carboxylic acids is 1. The van der Waals surface area contributed by atoms with E-state index in [1.807, 2.05) is 6.26 Å². The van der Waals surface area contributed by atoms with Gasteiger partial charge in [0.05, 0.1) is 0 Å².